The molecule has 1 aromatic heterocycles. The van der Waals surface area contributed by atoms with Gasteiger partial charge in [0.25, 0.3) is 5.91 Å². The zero-order valence-electron chi connectivity index (χ0n) is 11.4. The maximum absolute atomic E-state index is 12.4. The number of halogens is 1. The SMILES string of the molecule is Cc1cc(Cl)c(C(=O)N(CC(=O)O)C(C)(C)C)cn1. The lowest BCUT2D eigenvalue weighted by atomic mass is 10.0. The first kappa shape index (κ1) is 15.4. The third kappa shape index (κ3) is 3.92. The Kier molecular flexibility index (Phi) is 4.52. The molecule has 0 aliphatic heterocycles. The van der Waals surface area contributed by atoms with Gasteiger partial charge in [-0.3, -0.25) is 14.6 Å². The Morgan fingerprint density at radius 3 is 2.42 bits per heavy atom. The normalized spacial score (nSPS) is 11.2. The van der Waals surface area contributed by atoms with Crippen LogP contribution in [-0.4, -0.2) is 39.0 Å². The van der Waals surface area contributed by atoms with Crippen LogP contribution in [0.1, 0.15) is 36.8 Å². The van der Waals surface area contributed by atoms with E-state index in [1.165, 1.54) is 11.1 Å². The van der Waals surface area contributed by atoms with Crippen LogP contribution in [0.5, 0.6) is 0 Å². The summed E-state index contributed by atoms with van der Waals surface area (Å²) in [6.45, 7) is 6.68. The van der Waals surface area contributed by atoms with Crippen LogP contribution in [0.3, 0.4) is 0 Å². The van der Waals surface area contributed by atoms with Gasteiger partial charge in [-0.1, -0.05) is 11.6 Å². The highest BCUT2D eigenvalue weighted by atomic mass is 35.5. The van der Waals surface area contributed by atoms with Gasteiger partial charge < -0.3 is 10.0 Å². The highest BCUT2D eigenvalue weighted by Gasteiger charge is 2.30. The first-order valence-electron chi connectivity index (χ1n) is 5.79. The Labute approximate surface area is 117 Å². The van der Waals surface area contributed by atoms with Gasteiger partial charge in [0.2, 0.25) is 0 Å². The summed E-state index contributed by atoms with van der Waals surface area (Å²) >= 11 is 6.02. The van der Waals surface area contributed by atoms with E-state index in [0.29, 0.717) is 5.69 Å². The molecule has 0 aliphatic rings. The number of carboxylic acids is 1. The van der Waals surface area contributed by atoms with Crippen molar-refractivity contribution in [2.45, 2.75) is 33.2 Å². The van der Waals surface area contributed by atoms with Crippen molar-refractivity contribution in [2.75, 3.05) is 6.54 Å². The molecule has 1 aromatic rings. The predicted octanol–water partition coefficient (Wildman–Crippen LogP) is 2.37. The fourth-order valence-electron chi connectivity index (χ4n) is 1.58. The van der Waals surface area contributed by atoms with Gasteiger partial charge >= 0.3 is 5.97 Å². The van der Waals surface area contributed by atoms with Crippen LogP contribution >= 0.6 is 11.6 Å². The zero-order valence-corrected chi connectivity index (χ0v) is 12.2. The third-order valence-corrected chi connectivity index (χ3v) is 2.88. The van der Waals surface area contributed by atoms with Gasteiger partial charge in [0.05, 0.1) is 10.6 Å². The van der Waals surface area contributed by atoms with Crippen LogP contribution in [0, 0.1) is 6.92 Å². The van der Waals surface area contributed by atoms with E-state index in [9.17, 15) is 9.59 Å². The number of hydrogen-bond donors (Lipinski definition) is 1. The van der Waals surface area contributed by atoms with E-state index in [2.05, 4.69) is 4.98 Å². The summed E-state index contributed by atoms with van der Waals surface area (Å²) in [6.07, 6.45) is 1.38. The summed E-state index contributed by atoms with van der Waals surface area (Å²) in [6, 6.07) is 1.58. The quantitative estimate of drug-likeness (QED) is 0.925. The van der Waals surface area contributed by atoms with Gasteiger partial charge in [-0.15, -0.1) is 0 Å². The van der Waals surface area contributed by atoms with Gasteiger partial charge in [-0.2, -0.15) is 0 Å². The number of carboxylic acid groups (broad SMARTS) is 1. The van der Waals surface area contributed by atoms with E-state index in [1.54, 1.807) is 33.8 Å². The van der Waals surface area contributed by atoms with Crippen molar-refractivity contribution in [3.8, 4) is 0 Å². The fraction of sp³-hybridized carbons (Fsp3) is 0.462. The van der Waals surface area contributed by atoms with E-state index in [4.69, 9.17) is 16.7 Å². The molecule has 0 radical (unpaired) electrons. The molecule has 1 amide bonds. The van der Waals surface area contributed by atoms with E-state index >= 15 is 0 Å². The number of pyridine rings is 1. The number of nitrogens with zero attached hydrogens (tertiary/aromatic N) is 2. The molecule has 6 heteroatoms. The maximum atomic E-state index is 12.4. The van der Waals surface area contributed by atoms with Crippen molar-refractivity contribution >= 4 is 23.5 Å². The van der Waals surface area contributed by atoms with Crippen molar-refractivity contribution in [2.24, 2.45) is 0 Å². The average Bonchev–Trinajstić information content (AvgIpc) is 2.23. The predicted molar refractivity (Wildman–Crippen MR) is 72.4 cm³/mol. The second-order valence-corrected chi connectivity index (χ2v) is 5.67. The second kappa shape index (κ2) is 5.57. The molecule has 0 unspecified atom stereocenters. The highest BCUT2D eigenvalue weighted by Crippen LogP contribution is 2.22. The van der Waals surface area contributed by atoms with Crippen molar-refractivity contribution in [3.05, 3.63) is 28.5 Å². The molecule has 0 saturated heterocycles. The number of carbonyl (C=O) groups is 2. The Morgan fingerprint density at radius 1 is 1.42 bits per heavy atom. The first-order chi connectivity index (χ1) is 8.62. The lowest BCUT2D eigenvalue weighted by molar-refractivity contribution is -0.138. The molecule has 1 rings (SSSR count). The van der Waals surface area contributed by atoms with Crippen LogP contribution in [0.25, 0.3) is 0 Å². The lowest BCUT2D eigenvalue weighted by Gasteiger charge is -2.34. The number of hydrogen-bond acceptors (Lipinski definition) is 3. The van der Waals surface area contributed by atoms with Gasteiger partial charge in [0, 0.05) is 17.4 Å². The summed E-state index contributed by atoms with van der Waals surface area (Å²) in [5, 5.41) is 9.19. The lowest BCUT2D eigenvalue weighted by Crippen LogP contribution is -2.48. The van der Waals surface area contributed by atoms with Gasteiger partial charge in [-0.25, -0.2) is 0 Å². The number of aryl methyl sites for hydroxylation is 1. The van der Waals surface area contributed by atoms with Crippen molar-refractivity contribution in [1.29, 1.82) is 0 Å². The molecule has 0 saturated carbocycles. The second-order valence-electron chi connectivity index (χ2n) is 5.26. The molecule has 0 aromatic carbocycles. The molecule has 0 aliphatic carbocycles. The fourth-order valence-corrected chi connectivity index (χ4v) is 1.87. The van der Waals surface area contributed by atoms with Crippen LogP contribution in [0.15, 0.2) is 12.3 Å². The zero-order chi connectivity index (χ0) is 14.8. The van der Waals surface area contributed by atoms with E-state index in [-0.39, 0.29) is 17.1 Å². The van der Waals surface area contributed by atoms with Crippen molar-refractivity contribution < 1.29 is 14.7 Å². The van der Waals surface area contributed by atoms with Gasteiger partial charge in [0.15, 0.2) is 0 Å². The maximum Gasteiger partial charge on any atom is 0.323 e. The van der Waals surface area contributed by atoms with E-state index in [1.807, 2.05) is 0 Å². The van der Waals surface area contributed by atoms with Gasteiger partial charge in [0.1, 0.15) is 6.54 Å². The number of amides is 1. The molecule has 0 bridgehead atoms. The minimum atomic E-state index is -1.07. The highest BCUT2D eigenvalue weighted by molar-refractivity contribution is 6.33. The standard InChI is InChI=1S/C13H17ClN2O3/c1-8-5-10(14)9(6-15-8)12(19)16(7-11(17)18)13(2,3)4/h5-6H,7H2,1-4H3,(H,17,18). The molecule has 1 N–H and O–H groups in total. The Morgan fingerprint density at radius 2 is 2.00 bits per heavy atom. The monoisotopic (exact) mass is 284 g/mol. The molecule has 19 heavy (non-hydrogen) atoms. The molecule has 0 spiro atoms. The Bertz CT molecular complexity index is 509. The number of rotatable bonds is 3. The smallest absolute Gasteiger partial charge is 0.323 e. The molecule has 0 atom stereocenters. The summed E-state index contributed by atoms with van der Waals surface area (Å²) < 4.78 is 0. The largest absolute Gasteiger partial charge is 0.480 e. The van der Waals surface area contributed by atoms with E-state index < -0.39 is 17.4 Å². The van der Waals surface area contributed by atoms with Crippen molar-refractivity contribution in [3.63, 3.8) is 0 Å². The number of carbonyl (C=O) groups excluding carboxylic acids is 1. The summed E-state index contributed by atoms with van der Waals surface area (Å²) in [4.78, 5) is 28.6. The number of aliphatic carboxylic acids is 1. The molecular formula is C13H17ClN2O3. The number of aromatic nitrogens is 1. The van der Waals surface area contributed by atoms with E-state index in [0.717, 1.165) is 0 Å². The summed E-state index contributed by atoms with van der Waals surface area (Å²) in [5.41, 5.74) is 0.287. The molecule has 5 nitrogen and oxygen atoms in total. The first-order valence-corrected chi connectivity index (χ1v) is 6.16. The van der Waals surface area contributed by atoms with Crippen LogP contribution < -0.4 is 0 Å². The van der Waals surface area contributed by atoms with Crippen LogP contribution in [0.2, 0.25) is 5.02 Å². The molecular weight excluding hydrogens is 268 g/mol. The molecule has 104 valence electrons. The Hall–Kier alpha value is -1.62. The van der Waals surface area contributed by atoms with Crippen LogP contribution in [0.4, 0.5) is 0 Å². The Balaban J connectivity index is 3.16. The van der Waals surface area contributed by atoms with Gasteiger partial charge in [-0.05, 0) is 33.8 Å². The topological polar surface area (TPSA) is 70.5 Å². The summed E-state index contributed by atoms with van der Waals surface area (Å²) in [5.74, 6) is -1.51. The van der Waals surface area contributed by atoms with Crippen molar-refractivity contribution in [1.82, 2.24) is 9.88 Å². The summed E-state index contributed by atoms with van der Waals surface area (Å²) in [7, 11) is 0. The molecule has 0 fully saturated rings. The average molecular weight is 285 g/mol. The molecule has 1 heterocycles. The minimum absolute atomic E-state index is 0.212. The van der Waals surface area contributed by atoms with Crippen LogP contribution in [-0.2, 0) is 4.79 Å². The minimum Gasteiger partial charge on any atom is -0.480 e. The third-order valence-electron chi connectivity index (χ3n) is 2.57.